The fraction of sp³-hybridized carbons (Fsp3) is 0. The van der Waals surface area contributed by atoms with Gasteiger partial charge >= 0.3 is 5.97 Å². The lowest BCUT2D eigenvalue weighted by atomic mass is 10.2. The van der Waals surface area contributed by atoms with Crippen LogP contribution in [0.1, 0.15) is 15.9 Å². The van der Waals surface area contributed by atoms with Crippen LogP contribution in [0.3, 0.4) is 0 Å². The Morgan fingerprint density at radius 2 is 1.70 bits per heavy atom. The Balaban J connectivity index is 2.00. The lowest BCUT2D eigenvalue weighted by molar-refractivity contribution is 0.0519. The Labute approximate surface area is 112 Å². The molecule has 0 amide bonds. The van der Waals surface area contributed by atoms with Gasteiger partial charge in [-0.25, -0.2) is 18.0 Å². The molecule has 0 bridgehead atoms. The Morgan fingerprint density at radius 3 is 2.35 bits per heavy atom. The van der Waals surface area contributed by atoms with Gasteiger partial charge in [-0.2, -0.15) is 0 Å². The van der Waals surface area contributed by atoms with Crippen molar-refractivity contribution in [3.63, 3.8) is 0 Å². The lowest BCUT2D eigenvalue weighted by Crippen LogP contribution is -2.01. The van der Waals surface area contributed by atoms with Gasteiger partial charge in [-0.3, -0.25) is 0 Å². The van der Waals surface area contributed by atoms with E-state index >= 15 is 0 Å². The van der Waals surface area contributed by atoms with Crippen LogP contribution >= 0.6 is 0 Å². The predicted octanol–water partition coefficient (Wildman–Crippen LogP) is 3.29. The summed E-state index contributed by atoms with van der Waals surface area (Å²) < 4.78 is 38.2. The van der Waals surface area contributed by atoms with Crippen molar-refractivity contribution in [2.24, 2.45) is 5.16 Å². The number of benzene rings is 2. The van der Waals surface area contributed by atoms with Crippen LogP contribution in [0.25, 0.3) is 0 Å². The van der Waals surface area contributed by atoms with Gasteiger partial charge in [0.1, 0.15) is 5.82 Å². The molecule has 0 aliphatic carbocycles. The first-order valence-corrected chi connectivity index (χ1v) is 5.51. The second-order valence-corrected chi connectivity index (χ2v) is 3.79. The average molecular weight is 279 g/mol. The van der Waals surface area contributed by atoms with E-state index in [1.165, 1.54) is 18.2 Å². The van der Waals surface area contributed by atoms with E-state index in [4.69, 9.17) is 0 Å². The fourth-order valence-corrected chi connectivity index (χ4v) is 1.37. The fourth-order valence-electron chi connectivity index (χ4n) is 1.37. The molecular weight excluding hydrogens is 271 g/mol. The van der Waals surface area contributed by atoms with Crippen molar-refractivity contribution in [1.29, 1.82) is 0 Å². The SMILES string of the molecule is O=C(ON=Cc1ccc(F)c(F)c1)c1ccc(F)cc1. The highest BCUT2D eigenvalue weighted by atomic mass is 19.2. The highest BCUT2D eigenvalue weighted by Gasteiger charge is 2.06. The molecule has 20 heavy (non-hydrogen) atoms. The number of halogens is 3. The minimum absolute atomic E-state index is 0.119. The quantitative estimate of drug-likeness (QED) is 0.491. The largest absolute Gasteiger partial charge is 0.365 e. The van der Waals surface area contributed by atoms with E-state index in [1.807, 2.05) is 0 Å². The van der Waals surface area contributed by atoms with Crippen molar-refractivity contribution in [2.75, 3.05) is 0 Å². The van der Waals surface area contributed by atoms with Crippen LogP contribution in [-0.2, 0) is 4.84 Å². The number of hydrogen-bond acceptors (Lipinski definition) is 3. The standard InChI is InChI=1S/C14H8F3NO2/c15-11-4-2-10(3-5-11)14(19)20-18-8-9-1-6-12(16)13(17)7-9/h1-8H. The molecule has 6 heteroatoms. The summed E-state index contributed by atoms with van der Waals surface area (Å²) in [5.74, 6) is -3.28. The van der Waals surface area contributed by atoms with Crippen molar-refractivity contribution in [3.05, 3.63) is 71.0 Å². The Hall–Kier alpha value is -2.63. The second-order valence-electron chi connectivity index (χ2n) is 3.79. The van der Waals surface area contributed by atoms with E-state index < -0.39 is 23.4 Å². The summed E-state index contributed by atoms with van der Waals surface area (Å²) in [4.78, 5) is 16.0. The Kier molecular flexibility index (Phi) is 4.14. The molecule has 2 rings (SSSR count). The number of nitrogens with zero attached hydrogens (tertiary/aromatic N) is 1. The van der Waals surface area contributed by atoms with Crippen LogP contribution in [0.4, 0.5) is 13.2 Å². The third-order valence-electron chi connectivity index (χ3n) is 2.36. The van der Waals surface area contributed by atoms with E-state index in [1.54, 1.807) is 0 Å². The first-order chi connectivity index (χ1) is 9.56. The van der Waals surface area contributed by atoms with Gasteiger partial charge in [-0.05, 0) is 42.0 Å². The number of carbonyl (C=O) groups excluding carboxylic acids is 1. The molecule has 0 spiro atoms. The predicted molar refractivity (Wildman–Crippen MR) is 65.8 cm³/mol. The van der Waals surface area contributed by atoms with Gasteiger partial charge in [0.05, 0.1) is 11.8 Å². The minimum atomic E-state index is -1.03. The summed E-state index contributed by atoms with van der Waals surface area (Å²) in [7, 11) is 0. The maximum absolute atomic E-state index is 12.9. The molecule has 0 aromatic heterocycles. The third-order valence-corrected chi connectivity index (χ3v) is 2.36. The molecular formula is C14H8F3NO2. The lowest BCUT2D eigenvalue weighted by Gasteiger charge is -1.98. The number of oxime groups is 1. The summed E-state index contributed by atoms with van der Waals surface area (Å²) in [6.07, 6.45) is 1.06. The second kappa shape index (κ2) is 6.01. The molecule has 3 nitrogen and oxygen atoms in total. The van der Waals surface area contributed by atoms with E-state index in [0.717, 1.165) is 30.5 Å². The van der Waals surface area contributed by atoms with Gasteiger partial charge < -0.3 is 4.84 Å². The maximum atomic E-state index is 12.9. The smallest absolute Gasteiger partial charge is 0.313 e. The zero-order chi connectivity index (χ0) is 14.5. The molecule has 0 saturated carbocycles. The number of hydrogen-bond donors (Lipinski definition) is 0. The first-order valence-electron chi connectivity index (χ1n) is 5.51. The molecule has 0 aliphatic heterocycles. The molecule has 0 fully saturated rings. The van der Waals surface area contributed by atoms with E-state index in [-0.39, 0.29) is 11.1 Å². The minimum Gasteiger partial charge on any atom is -0.313 e. The van der Waals surface area contributed by atoms with Crippen molar-refractivity contribution in [1.82, 2.24) is 0 Å². The monoisotopic (exact) mass is 279 g/mol. The average Bonchev–Trinajstić information content (AvgIpc) is 2.43. The van der Waals surface area contributed by atoms with Crippen molar-refractivity contribution >= 4 is 12.2 Å². The van der Waals surface area contributed by atoms with Crippen LogP contribution in [-0.4, -0.2) is 12.2 Å². The van der Waals surface area contributed by atoms with Crippen molar-refractivity contribution < 1.29 is 22.8 Å². The molecule has 2 aromatic rings. The third kappa shape index (κ3) is 3.44. The topological polar surface area (TPSA) is 38.7 Å². The van der Waals surface area contributed by atoms with Gasteiger partial charge in [0, 0.05) is 0 Å². The summed E-state index contributed by atoms with van der Waals surface area (Å²) in [5.41, 5.74) is 0.352. The number of carbonyl (C=O) groups is 1. The first kappa shape index (κ1) is 13.8. The molecule has 0 saturated heterocycles. The highest BCUT2D eigenvalue weighted by Crippen LogP contribution is 2.08. The highest BCUT2D eigenvalue weighted by molar-refractivity contribution is 5.90. The van der Waals surface area contributed by atoms with E-state index in [0.29, 0.717) is 0 Å². The maximum Gasteiger partial charge on any atom is 0.365 e. The number of rotatable bonds is 3. The van der Waals surface area contributed by atoms with Crippen LogP contribution in [0.2, 0.25) is 0 Å². The normalized spacial score (nSPS) is 10.8. The molecule has 0 heterocycles. The Bertz CT molecular complexity index is 654. The summed E-state index contributed by atoms with van der Waals surface area (Å²) in [5, 5.41) is 3.35. The van der Waals surface area contributed by atoms with Gasteiger partial charge in [-0.1, -0.05) is 11.2 Å². The van der Waals surface area contributed by atoms with Crippen LogP contribution < -0.4 is 0 Å². The summed E-state index contributed by atoms with van der Waals surface area (Å²) in [6.45, 7) is 0. The zero-order valence-corrected chi connectivity index (χ0v) is 10.0. The zero-order valence-electron chi connectivity index (χ0n) is 10.0. The molecule has 2 aromatic carbocycles. The molecule has 102 valence electrons. The van der Waals surface area contributed by atoms with Gasteiger partial charge in [0.15, 0.2) is 11.6 Å². The van der Waals surface area contributed by atoms with E-state index in [2.05, 4.69) is 9.99 Å². The molecule has 0 N–H and O–H groups in total. The van der Waals surface area contributed by atoms with Gasteiger partial charge in [0.25, 0.3) is 0 Å². The molecule has 0 aliphatic rings. The van der Waals surface area contributed by atoms with Crippen molar-refractivity contribution in [3.8, 4) is 0 Å². The molecule has 0 radical (unpaired) electrons. The van der Waals surface area contributed by atoms with Gasteiger partial charge in [0.2, 0.25) is 0 Å². The Morgan fingerprint density at radius 1 is 1.00 bits per heavy atom. The van der Waals surface area contributed by atoms with Gasteiger partial charge in [-0.15, -0.1) is 0 Å². The van der Waals surface area contributed by atoms with E-state index in [9.17, 15) is 18.0 Å². The molecule has 0 atom stereocenters. The van der Waals surface area contributed by atoms with Crippen LogP contribution in [0, 0.1) is 17.5 Å². The van der Waals surface area contributed by atoms with Crippen LogP contribution in [0.5, 0.6) is 0 Å². The van der Waals surface area contributed by atoms with Crippen molar-refractivity contribution in [2.45, 2.75) is 0 Å². The summed E-state index contributed by atoms with van der Waals surface area (Å²) in [6, 6.07) is 7.80. The summed E-state index contributed by atoms with van der Waals surface area (Å²) >= 11 is 0. The van der Waals surface area contributed by atoms with Crippen LogP contribution in [0.15, 0.2) is 47.6 Å². The molecule has 0 unspecified atom stereocenters.